The number of allylic oxidation sites excluding steroid dienone is 1. The molecular weight excluding hydrogens is 402 g/mol. The minimum atomic E-state index is -0.632. The van der Waals surface area contributed by atoms with Crippen LogP contribution >= 0.6 is 0 Å². The molecule has 0 aromatic heterocycles. The Hall–Kier alpha value is -4.66. The summed E-state index contributed by atoms with van der Waals surface area (Å²) in [7, 11) is 0. The van der Waals surface area contributed by atoms with E-state index in [0.29, 0.717) is 11.1 Å². The van der Waals surface area contributed by atoms with Crippen molar-refractivity contribution in [2.24, 2.45) is 0 Å². The van der Waals surface area contributed by atoms with Gasteiger partial charge in [0.15, 0.2) is 0 Å². The molecule has 0 unspecified atom stereocenters. The Balaban J connectivity index is 1.93. The zero-order valence-corrected chi connectivity index (χ0v) is 15.9. The third-order valence-electron chi connectivity index (χ3n) is 4.28. The number of hydrogen-bond acceptors (Lipinski definition) is 6. The fourth-order valence-electron chi connectivity index (χ4n) is 2.69. The maximum absolute atomic E-state index is 13.0. The lowest BCUT2D eigenvalue weighted by Gasteiger charge is -2.10. The number of hydrogen-bond donors (Lipinski definition) is 1. The van der Waals surface area contributed by atoms with Gasteiger partial charge >= 0.3 is 0 Å². The van der Waals surface area contributed by atoms with Crippen LogP contribution in [0.2, 0.25) is 0 Å². The van der Waals surface area contributed by atoms with E-state index in [1.807, 2.05) is 0 Å². The van der Waals surface area contributed by atoms with Gasteiger partial charge in [0.05, 0.1) is 15.5 Å². The van der Waals surface area contributed by atoms with Gasteiger partial charge in [0, 0.05) is 35.4 Å². The number of nitrogens with zero attached hydrogens (tertiary/aromatic N) is 2. The van der Waals surface area contributed by atoms with E-state index in [2.05, 4.69) is 5.32 Å². The number of carbonyl (C=O) groups excluding carboxylic acids is 2. The van der Waals surface area contributed by atoms with Crippen LogP contribution in [0.15, 0.2) is 84.6 Å². The summed E-state index contributed by atoms with van der Waals surface area (Å²) in [5.74, 6) is -1.10. The van der Waals surface area contributed by atoms with Gasteiger partial charge in [-0.1, -0.05) is 30.3 Å². The SMILES string of the molecule is O=C(NC(=Cc1ccc([N+](=O)[O-])cc1)C(=O)c1ccccc1)c1ccc([N+](=O)[O-])cc1. The van der Waals surface area contributed by atoms with Crippen molar-refractivity contribution in [1.82, 2.24) is 5.32 Å². The van der Waals surface area contributed by atoms with Crippen molar-refractivity contribution < 1.29 is 19.4 Å². The largest absolute Gasteiger partial charge is 0.319 e. The Morgan fingerprint density at radius 2 is 1.23 bits per heavy atom. The molecule has 0 saturated heterocycles. The summed E-state index contributed by atoms with van der Waals surface area (Å²) in [5, 5.41) is 24.2. The molecule has 0 aliphatic heterocycles. The second kappa shape index (κ2) is 9.23. The number of ketones is 1. The van der Waals surface area contributed by atoms with E-state index in [1.54, 1.807) is 30.3 Å². The van der Waals surface area contributed by atoms with Crippen LogP contribution in [0.25, 0.3) is 6.08 Å². The van der Waals surface area contributed by atoms with Crippen molar-refractivity contribution in [3.8, 4) is 0 Å². The Morgan fingerprint density at radius 3 is 1.74 bits per heavy atom. The quantitative estimate of drug-likeness (QED) is 0.266. The van der Waals surface area contributed by atoms with Crippen LogP contribution in [0, 0.1) is 20.2 Å². The highest BCUT2D eigenvalue weighted by Gasteiger charge is 2.17. The van der Waals surface area contributed by atoms with Crippen molar-refractivity contribution in [3.63, 3.8) is 0 Å². The second-order valence-electron chi connectivity index (χ2n) is 6.36. The van der Waals surface area contributed by atoms with Crippen LogP contribution in [-0.4, -0.2) is 21.5 Å². The zero-order chi connectivity index (χ0) is 22.4. The Morgan fingerprint density at radius 1 is 0.710 bits per heavy atom. The highest BCUT2D eigenvalue weighted by atomic mass is 16.6. The first-order valence-electron chi connectivity index (χ1n) is 8.97. The number of Topliss-reactive ketones (excluding diaryl/α,β-unsaturated/α-hetero) is 1. The number of rotatable bonds is 7. The highest BCUT2D eigenvalue weighted by molar-refractivity contribution is 6.14. The van der Waals surface area contributed by atoms with Crippen molar-refractivity contribution in [2.45, 2.75) is 0 Å². The van der Waals surface area contributed by atoms with Gasteiger partial charge in [0.2, 0.25) is 5.78 Å². The topological polar surface area (TPSA) is 132 Å². The molecule has 3 rings (SSSR count). The first-order chi connectivity index (χ1) is 14.8. The number of non-ortho nitro benzene ring substituents is 2. The molecule has 1 N–H and O–H groups in total. The first kappa shape index (κ1) is 21.1. The van der Waals surface area contributed by atoms with Gasteiger partial charge in [-0.25, -0.2) is 0 Å². The third-order valence-corrected chi connectivity index (χ3v) is 4.28. The molecule has 0 aliphatic rings. The van der Waals surface area contributed by atoms with Crippen LogP contribution in [0.5, 0.6) is 0 Å². The van der Waals surface area contributed by atoms with E-state index in [4.69, 9.17) is 0 Å². The number of amides is 1. The van der Waals surface area contributed by atoms with E-state index < -0.39 is 21.5 Å². The molecule has 3 aromatic carbocycles. The molecule has 3 aromatic rings. The number of nitro benzene ring substituents is 2. The zero-order valence-electron chi connectivity index (χ0n) is 15.9. The summed E-state index contributed by atoms with van der Waals surface area (Å²) in [6.07, 6.45) is 1.41. The lowest BCUT2D eigenvalue weighted by molar-refractivity contribution is -0.385. The van der Waals surface area contributed by atoms with Crippen molar-refractivity contribution in [3.05, 3.63) is 121 Å². The van der Waals surface area contributed by atoms with Crippen molar-refractivity contribution in [2.75, 3.05) is 0 Å². The van der Waals surface area contributed by atoms with Crippen LogP contribution < -0.4 is 5.32 Å². The minimum absolute atomic E-state index is 0.0524. The van der Waals surface area contributed by atoms with Gasteiger partial charge in [-0.15, -0.1) is 0 Å². The monoisotopic (exact) mass is 417 g/mol. The lowest BCUT2D eigenvalue weighted by atomic mass is 10.0. The normalized spacial score (nSPS) is 10.9. The van der Waals surface area contributed by atoms with Crippen LogP contribution in [0.4, 0.5) is 11.4 Å². The standard InChI is InChI=1S/C22H15N3O6/c26-21(16-4-2-1-3-5-16)20(14-15-6-10-18(11-7-15)24(28)29)23-22(27)17-8-12-19(13-9-17)25(30)31/h1-14H,(H,23,27). The molecule has 0 spiro atoms. The molecular formula is C22H15N3O6. The molecule has 154 valence electrons. The van der Waals surface area contributed by atoms with Crippen LogP contribution in [0.1, 0.15) is 26.3 Å². The molecule has 9 nitrogen and oxygen atoms in total. The smallest absolute Gasteiger partial charge is 0.269 e. The third kappa shape index (κ3) is 5.24. The Labute approximate surface area is 175 Å². The average molecular weight is 417 g/mol. The fraction of sp³-hybridized carbons (Fsp3) is 0. The number of nitrogens with one attached hydrogen (secondary N) is 1. The molecule has 0 atom stereocenters. The molecule has 0 fully saturated rings. The minimum Gasteiger partial charge on any atom is -0.319 e. The van der Waals surface area contributed by atoms with Gasteiger partial charge in [0.1, 0.15) is 0 Å². The highest BCUT2D eigenvalue weighted by Crippen LogP contribution is 2.17. The van der Waals surface area contributed by atoms with Crippen LogP contribution in [-0.2, 0) is 0 Å². The van der Waals surface area contributed by atoms with Gasteiger partial charge in [0.25, 0.3) is 17.3 Å². The van der Waals surface area contributed by atoms with E-state index in [9.17, 15) is 29.8 Å². The van der Waals surface area contributed by atoms with E-state index in [1.165, 1.54) is 54.6 Å². The number of nitro groups is 2. The van der Waals surface area contributed by atoms with Gasteiger partial charge in [-0.2, -0.15) is 0 Å². The molecule has 1 amide bonds. The van der Waals surface area contributed by atoms with E-state index in [-0.39, 0.29) is 22.6 Å². The summed E-state index contributed by atoms with van der Waals surface area (Å²) >= 11 is 0. The van der Waals surface area contributed by atoms with Crippen molar-refractivity contribution >= 4 is 29.1 Å². The Bertz CT molecular complexity index is 1170. The molecule has 0 radical (unpaired) electrons. The Kier molecular flexibility index (Phi) is 6.27. The summed E-state index contributed by atoms with van der Waals surface area (Å²) < 4.78 is 0. The summed E-state index contributed by atoms with van der Waals surface area (Å²) in [6.45, 7) is 0. The van der Waals surface area contributed by atoms with Gasteiger partial charge < -0.3 is 5.32 Å². The summed E-state index contributed by atoms with van der Waals surface area (Å²) in [5.41, 5.74) is 0.597. The van der Waals surface area contributed by atoms with Gasteiger partial charge in [-0.3, -0.25) is 29.8 Å². The molecule has 0 heterocycles. The lowest BCUT2D eigenvalue weighted by Crippen LogP contribution is -2.27. The average Bonchev–Trinajstić information content (AvgIpc) is 2.79. The van der Waals surface area contributed by atoms with E-state index >= 15 is 0 Å². The number of carbonyl (C=O) groups is 2. The molecule has 31 heavy (non-hydrogen) atoms. The number of benzene rings is 3. The maximum atomic E-state index is 13.0. The fourth-order valence-corrected chi connectivity index (χ4v) is 2.69. The van der Waals surface area contributed by atoms with E-state index in [0.717, 1.165) is 0 Å². The predicted molar refractivity (Wildman–Crippen MR) is 112 cm³/mol. The second-order valence-corrected chi connectivity index (χ2v) is 6.36. The molecule has 0 bridgehead atoms. The predicted octanol–water partition coefficient (Wildman–Crippen LogP) is 4.16. The maximum Gasteiger partial charge on any atom is 0.269 e. The molecule has 0 aliphatic carbocycles. The molecule has 9 heteroatoms. The molecule has 0 saturated carbocycles. The van der Waals surface area contributed by atoms with Crippen molar-refractivity contribution in [1.29, 1.82) is 0 Å². The summed E-state index contributed by atoms with van der Waals surface area (Å²) in [6, 6.07) is 18.7. The first-order valence-corrected chi connectivity index (χ1v) is 8.97. The van der Waals surface area contributed by atoms with Gasteiger partial charge in [-0.05, 0) is 35.9 Å². The van der Waals surface area contributed by atoms with Crippen LogP contribution in [0.3, 0.4) is 0 Å². The summed E-state index contributed by atoms with van der Waals surface area (Å²) in [4.78, 5) is 46.1.